The number of fused-ring (bicyclic) bond motifs is 1. The van der Waals surface area contributed by atoms with Gasteiger partial charge in [0.2, 0.25) is 5.91 Å². The molecule has 50 heavy (non-hydrogen) atoms. The van der Waals surface area contributed by atoms with E-state index in [0.29, 0.717) is 34.1 Å². The van der Waals surface area contributed by atoms with Crippen LogP contribution >= 0.6 is 11.6 Å². The van der Waals surface area contributed by atoms with E-state index in [1.807, 2.05) is 91.0 Å². The smallest absolute Gasteiger partial charge is 0.264 e. The molecule has 0 spiro atoms. The van der Waals surface area contributed by atoms with Crippen molar-refractivity contribution >= 4 is 57.2 Å². The Morgan fingerprint density at radius 1 is 0.900 bits per heavy atom. The largest absolute Gasteiger partial charge is 0.395 e. The maximum absolute atomic E-state index is 14.1. The van der Waals surface area contributed by atoms with Crippen LogP contribution in [0.15, 0.2) is 121 Å². The lowest BCUT2D eigenvalue weighted by atomic mass is 9.83. The summed E-state index contributed by atoms with van der Waals surface area (Å²) in [6.45, 7) is 2.32. The van der Waals surface area contributed by atoms with Crippen LogP contribution in [0, 0.1) is 5.92 Å². The second-order valence-corrected chi connectivity index (χ2v) is 13.2. The van der Waals surface area contributed by atoms with Gasteiger partial charge in [-0.15, -0.1) is 0 Å². The van der Waals surface area contributed by atoms with E-state index in [2.05, 4.69) is 0 Å². The second-order valence-electron chi connectivity index (χ2n) is 12.8. The van der Waals surface area contributed by atoms with E-state index in [1.54, 1.807) is 52.0 Å². The van der Waals surface area contributed by atoms with Crippen LogP contribution in [0.2, 0.25) is 5.02 Å². The molecule has 8 nitrogen and oxygen atoms in total. The fourth-order valence-corrected chi connectivity index (χ4v) is 7.21. The Hall–Kier alpha value is -5.28. The van der Waals surface area contributed by atoms with Crippen LogP contribution in [0.4, 0.5) is 17.1 Å². The van der Waals surface area contributed by atoms with Crippen LogP contribution in [-0.4, -0.2) is 46.0 Å². The van der Waals surface area contributed by atoms with Crippen molar-refractivity contribution < 1.29 is 24.6 Å². The molecule has 0 aliphatic carbocycles. The Morgan fingerprint density at radius 3 is 2.38 bits per heavy atom. The SMILES string of the molecule is C[C@@H](/C=C/CC(=O)N(CCO)Cc1ccccc1)[C@]1(O)C(=O)N(Cc2ccc(N3C(=O)c4cccc5cccc3c45)cc2)c2ccc(Cl)cc21. The summed E-state index contributed by atoms with van der Waals surface area (Å²) in [5, 5.41) is 24.0. The van der Waals surface area contributed by atoms with Gasteiger partial charge in [0.25, 0.3) is 11.8 Å². The number of hydrogen-bond acceptors (Lipinski definition) is 5. The summed E-state index contributed by atoms with van der Waals surface area (Å²) < 4.78 is 0. The maximum atomic E-state index is 14.1. The average Bonchev–Trinajstić information content (AvgIpc) is 3.53. The number of aliphatic hydroxyl groups excluding tert-OH is 1. The van der Waals surface area contributed by atoms with Crippen LogP contribution in [0.1, 0.15) is 40.4 Å². The van der Waals surface area contributed by atoms with Crippen LogP contribution < -0.4 is 9.80 Å². The molecule has 0 saturated carbocycles. The monoisotopic (exact) mass is 685 g/mol. The van der Waals surface area contributed by atoms with Crippen LogP contribution in [0.5, 0.6) is 0 Å². The van der Waals surface area contributed by atoms with Crippen LogP contribution in [-0.2, 0) is 28.3 Å². The molecule has 5 aromatic carbocycles. The molecule has 5 aromatic rings. The molecule has 2 N–H and O–H groups in total. The van der Waals surface area contributed by atoms with Gasteiger partial charge < -0.3 is 20.0 Å². The Balaban J connectivity index is 1.09. The number of nitrogens with zero attached hydrogens (tertiary/aromatic N) is 3. The molecule has 2 heterocycles. The molecular formula is C41H36ClN3O5. The zero-order valence-corrected chi connectivity index (χ0v) is 28.3. The summed E-state index contributed by atoms with van der Waals surface area (Å²) in [6.07, 6.45) is 3.39. The first kappa shape index (κ1) is 33.2. The number of aliphatic hydroxyl groups is 2. The lowest BCUT2D eigenvalue weighted by molar-refractivity contribution is -0.139. The minimum absolute atomic E-state index is 0.0407. The number of rotatable bonds is 11. The summed E-state index contributed by atoms with van der Waals surface area (Å²) in [5.74, 6) is -1.46. The maximum Gasteiger partial charge on any atom is 0.264 e. The molecule has 2 aliphatic rings. The van der Waals surface area contributed by atoms with E-state index >= 15 is 0 Å². The third kappa shape index (κ3) is 5.85. The van der Waals surface area contributed by atoms with Crippen LogP contribution in [0.3, 0.4) is 0 Å². The average molecular weight is 686 g/mol. The van der Waals surface area contributed by atoms with Crippen molar-refractivity contribution in [2.24, 2.45) is 5.92 Å². The fourth-order valence-electron chi connectivity index (χ4n) is 7.04. The van der Waals surface area contributed by atoms with Gasteiger partial charge in [-0.25, -0.2) is 0 Å². The molecule has 0 bridgehead atoms. The highest BCUT2D eigenvalue weighted by atomic mass is 35.5. The van der Waals surface area contributed by atoms with Gasteiger partial charge in [-0.2, -0.15) is 0 Å². The molecule has 0 unspecified atom stereocenters. The predicted octanol–water partition coefficient (Wildman–Crippen LogP) is 7.12. The van der Waals surface area contributed by atoms with Gasteiger partial charge in [0.05, 0.1) is 30.1 Å². The molecular weight excluding hydrogens is 650 g/mol. The van der Waals surface area contributed by atoms with E-state index in [-0.39, 0.29) is 37.9 Å². The van der Waals surface area contributed by atoms with E-state index in [4.69, 9.17) is 11.6 Å². The van der Waals surface area contributed by atoms with E-state index in [1.165, 1.54) is 0 Å². The van der Waals surface area contributed by atoms with Gasteiger partial charge in [0.15, 0.2) is 5.60 Å². The van der Waals surface area contributed by atoms with Gasteiger partial charge in [0.1, 0.15) is 0 Å². The zero-order chi connectivity index (χ0) is 35.0. The first-order chi connectivity index (χ1) is 24.2. The second kappa shape index (κ2) is 13.6. The third-order valence-electron chi connectivity index (χ3n) is 9.64. The molecule has 3 amide bonds. The van der Waals surface area contributed by atoms with Gasteiger partial charge >= 0.3 is 0 Å². The number of halogens is 1. The van der Waals surface area contributed by atoms with Crippen molar-refractivity contribution in [2.45, 2.75) is 32.0 Å². The van der Waals surface area contributed by atoms with E-state index in [0.717, 1.165) is 27.6 Å². The molecule has 0 radical (unpaired) electrons. The van der Waals surface area contributed by atoms with Crippen molar-refractivity contribution in [3.8, 4) is 0 Å². The lowest BCUT2D eigenvalue weighted by Gasteiger charge is -2.28. The zero-order valence-electron chi connectivity index (χ0n) is 27.5. The highest BCUT2D eigenvalue weighted by Gasteiger charge is 2.52. The summed E-state index contributed by atoms with van der Waals surface area (Å²) in [4.78, 5) is 45.5. The Morgan fingerprint density at radius 2 is 1.64 bits per heavy atom. The summed E-state index contributed by atoms with van der Waals surface area (Å²) in [7, 11) is 0. The van der Waals surface area contributed by atoms with Gasteiger partial charge in [-0.05, 0) is 59.0 Å². The first-order valence-electron chi connectivity index (χ1n) is 16.6. The predicted molar refractivity (Wildman–Crippen MR) is 195 cm³/mol. The fraction of sp³-hybridized carbons (Fsp3) is 0.195. The topological polar surface area (TPSA) is 101 Å². The number of carbonyl (C=O) groups is 3. The third-order valence-corrected chi connectivity index (χ3v) is 9.87. The molecule has 0 saturated heterocycles. The molecule has 2 aliphatic heterocycles. The Labute approximate surface area is 295 Å². The first-order valence-corrected chi connectivity index (χ1v) is 17.0. The normalized spacial score (nSPS) is 17.2. The molecule has 9 heteroatoms. The molecule has 2 atom stereocenters. The van der Waals surface area contributed by atoms with Crippen molar-refractivity contribution in [3.05, 3.63) is 149 Å². The van der Waals surface area contributed by atoms with Crippen molar-refractivity contribution in [1.29, 1.82) is 0 Å². The minimum atomic E-state index is -1.92. The summed E-state index contributed by atoms with van der Waals surface area (Å²) in [6, 6.07) is 33.7. The molecule has 252 valence electrons. The van der Waals surface area contributed by atoms with E-state index in [9.17, 15) is 24.6 Å². The van der Waals surface area contributed by atoms with Crippen molar-refractivity contribution in [3.63, 3.8) is 0 Å². The number of hydrogen-bond donors (Lipinski definition) is 2. The van der Waals surface area contributed by atoms with Gasteiger partial charge in [-0.3, -0.25) is 19.3 Å². The van der Waals surface area contributed by atoms with Crippen molar-refractivity contribution in [2.75, 3.05) is 23.0 Å². The highest BCUT2D eigenvalue weighted by molar-refractivity contribution is 6.31. The number of carbonyl (C=O) groups excluding carboxylic acids is 3. The Kier molecular flexibility index (Phi) is 9.01. The standard InChI is InChI=1S/C41H36ClN3O5/c1-27(8-5-15-37(47)43(22-23-46)25-28-9-3-2-4-10-28)41(50)34-24-31(42)18-21-35(34)44(40(41)49)26-29-16-19-32(20-17-29)45-36-14-7-12-30-11-6-13-33(38(30)36)39(45)48/h2-14,16-21,24,27,46,50H,15,22-23,25-26H2,1H3/b8-5+/t27-,41+/m0/s1. The van der Waals surface area contributed by atoms with Gasteiger partial charge in [0, 0.05) is 47.1 Å². The Bertz CT molecular complexity index is 2130. The van der Waals surface area contributed by atoms with Gasteiger partial charge in [-0.1, -0.05) is 97.4 Å². The minimum Gasteiger partial charge on any atom is -0.395 e. The van der Waals surface area contributed by atoms with E-state index < -0.39 is 17.4 Å². The van der Waals surface area contributed by atoms with Crippen LogP contribution in [0.25, 0.3) is 10.8 Å². The number of amides is 3. The molecule has 0 aromatic heterocycles. The number of benzene rings is 5. The highest BCUT2D eigenvalue weighted by Crippen LogP contribution is 2.47. The summed E-state index contributed by atoms with van der Waals surface area (Å²) >= 11 is 6.38. The quantitative estimate of drug-likeness (QED) is 0.144. The lowest BCUT2D eigenvalue weighted by Crippen LogP contribution is -2.44. The molecule has 0 fully saturated rings. The van der Waals surface area contributed by atoms with Crippen molar-refractivity contribution in [1.82, 2.24) is 4.90 Å². The molecule has 7 rings (SSSR count). The summed E-state index contributed by atoms with van der Waals surface area (Å²) in [5.41, 5.74) is 3.02. The number of anilines is 3.